The van der Waals surface area contributed by atoms with Gasteiger partial charge in [-0.2, -0.15) is 0 Å². The van der Waals surface area contributed by atoms with Gasteiger partial charge < -0.3 is 4.42 Å². The molecule has 0 amide bonds. The predicted molar refractivity (Wildman–Crippen MR) is 223 cm³/mol. The molecule has 5 nitrogen and oxygen atoms in total. The number of hydrogen-bond acceptors (Lipinski definition) is 4. The van der Waals surface area contributed by atoms with Crippen LogP contribution in [-0.2, 0) is 5.41 Å². The van der Waals surface area contributed by atoms with E-state index in [9.17, 15) is 0 Å². The van der Waals surface area contributed by atoms with Crippen LogP contribution in [0.25, 0.3) is 95.1 Å². The zero-order valence-electron chi connectivity index (χ0n) is 30.4. The van der Waals surface area contributed by atoms with Crippen molar-refractivity contribution in [3.8, 4) is 62.1 Å². The summed E-state index contributed by atoms with van der Waals surface area (Å²) >= 11 is 0. The number of fused-ring (bicyclic) bond motifs is 7. The van der Waals surface area contributed by atoms with Crippen LogP contribution in [0.1, 0.15) is 25.0 Å². The zero-order chi connectivity index (χ0) is 36.7. The molecule has 0 saturated carbocycles. The Morgan fingerprint density at radius 1 is 0.491 bits per heavy atom. The molecule has 0 fully saturated rings. The summed E-state index contributed by atoms with van der Waals surface area (Å²) in [6, 6.07) is 59.2. The van der Waals surface area contributed by atoms with E-state index in [2.05, 4.69) is 164 Å². The van der Waals surface area contributed by atoms with E-state index in [1.807, 2.05) is 24.3 Å². The summed E-state index contributed by atoms with van der Waals surface area (Å²) in [6.45, 7) is 4.57. The molecule has 0 unspecified atom stereocenters. The first-order chi connectivity index (χ1) is 27.0. The second-order valence-corrected chi connectivity index (χ2v) is 14.8. The summed E-state index contributed by atoms with van der Waals surface area (Å²) in [5, 5.41) is 2.25. The molecule has 3 heterocycles. The summed E-state index contributed by atoms with van der Waals surface area (Å²) in [6.07, 6.45) is 0. The number of rotatable bonds is 5. The van der Waals surface area contributed by atoms with Gasteiger partial charge in [-0.3, -0.25) is 4.57 Å². The summed E-state index contributed by atoms with van der Waals surface area (Å²) in [5.74, 6) is 1.59. The van der Waals surface area contributed by atoms with Crippen molar-refractivity contribution in [3.63, 3.8) is 0 Å². The minimum atomic E-state index is -0.279. The van der Waals surface area contributed by atoms with Crippen molar-refractivity contribution in [2.45, 2.75) is 19.3 Å². The molecule has 5 heteroatoms. The topological polar surface area (TPSA) is 56.7 Å². The lowest BCUT2D eigenvalue weighted by atomic mass is 9.80. The first-order valence-corrected chi connectivity index (χ1v) is 18.7. The SMILES string of the molecule is CC1(C)c2ccccc2-c2nc(-c3ccc(-c4nc5ccccc5n4-c4ccccc4)cc3)nc(-c3ccc(-c4cccc5c4oc4ccccc45)cc3)c21. The van der Waals surface area contributed by atoms with Gasteiger partial charge in [-0.25, -0.2) is 15.0 Å². The van der Waals surface area contributed by atoms with Crippen LogP contribution in [0, 0.1) is 0 Å². The second-order valence-electron chi connectivity index (χ2n) is 14.8. The lowest BCUT2D eigenvalue weighted by Gasteiger charge is -2.24. The lowest BCUT2D eigenvalue weighted by Crippen LogP contribution is -2.17. The van der Waals surface area contributed by atoms with E-state index >= 15 is 0 Å². The highest BCUT2D eigenvalue weighted by atomic mass is 16.3. The first-order valence-electron chi connectivity index (χ1n) is 18.7. The van der Waals surface area contributed by atoms with E-state index in [0.29, 0.717) is 5.82 Å². The molecule has 0 saturated heterocycles. The lowest BCUT2D eigenvalue weighted by molar-refractivity contribution is 0.658. The summed E-state index contributed by atoms with van der Waals surface area (Å²) in [5.41, 5.74) is 15.3. The molecule has 10 aromatic rings. The van der Waals surface area contributed by atoms with Crippen molar-refractivity contribution >= 4 is 33.0 Å². The maximum atomic E-state index is 6.40. The van der Waals surface area contributed by atoms with Crippen LogP contribution in [0.15, 0.2) is 174 Å². The van der Waals surface area contributed by atoms with Crippen LogP contribution < -0.4 is 0 Å². The van der Waals surface area contributed by atoms with Gasteiger partial charge >= 0.3 is 0 Å². The molecule has 11 rings (SSSR count). The predicted octanol–water partition coefficient (Wildman–Crippen LogP) is 12.7. The number of nitrogens with zero attached hydrogens (tertiary/aromatic N) is 4. The zero-order valence-corrected chi connectivity index (χ0v) is 30.4. The van der Waals surface area contributed by atoms with Crippen LogP contribution >= 0.6 is 0 Å². The molecular weight excluding hydrogens is 673 g/mol. The van der Waals surface area contributed by atoms with Crippen molar-refractivity contribution in [3.05, 3.63) is 181 Å². The summed E-state index contributed by atoms with van der Waals surface area (Å²) < 4.78 is 8.62. The Bertz CT molecular complexity index is 3100. The number of hydrogen-bond donors (Lipinski definition) is 0. The van der Waals surface area contributed by atoms with E-state index in [1.54, 1.807) is 0 Å². The normalized spacial score (nSPS) is 13.1. The largest absolute Gasteiger partial charge is 0.455 e. The minimum Gasteiger partial charge on any atom is -0.455 e. The van der Waals surface area contributed by atoms with E-state index in [0.717, 1.165) is 94.8 Å². The monoisotopic (exact) mass is 706 g/mol. The minimum absolute atomic E-state index is 0.279. The number of furan rings is 1. The molecule has 0 aliphatic heterocycles. The van der Waals surface area contributed by atoms with Crippen LogP contribution in [0.3, 0.4) is 0 Å². The van der Waals surface area contributed by atoms with Crippen LogP contribution in [-0.4, -0.2) is 19.5 Å². The van der Waals surface area contributed by atoms with Crippen LogP contribution in [0.2, 0.25) is 0 Å². The Labute approximate surface area is 318 Å². The van der Waals surface area contributed by atoms with Crippen molar-refractivity contribution in [2.75, 3.05) is 0 Å². The molecular formula is C50H34N4O. The average Bonchev–Trinajstić information content (AvgIpc) is 3.89. The number of benzene rings is 7. The van der Waals surface area contributed by atoms with Crippen molar-refractivity contribution in [1.29, 1.82) is 0 Å². The van der Waals surface area contributed by atoms with Gasteiger partial charge in [0.2, 0.25) is 0 Å². The van der Waals surface area contributed by atoms with E-state index in [1.165, 1.54) is 5.56 Å². The molecule has 260 valence electrons. The van der Waals surface area contributed by atoms with Crippen LogP contribution in [0.5, 0.6) is 0 Å². The Kier molecular flexibility index (Phi) is 6.83. The summed E-state index contributed by atoms with van der Waals surface area (Å²) in [7, 11) is 0. The molecule has 0 atom stereocenters. The number of aromatic nitrogens is 4. The number of imidazole rings is 1. The van der Waals surface area contributed by atoms with Gasteiger partial charge in [0.1, 0.15) is 17.0 Å². The quantitative estimate of drug-likeness (QED) is 0.179. The second kappa shape index (κ2) is 12.0. The van der Waals surface area contributed by atoms with Gasteiger partial charge in [0.05, 0.1) is 22.4 Å². The fourth-order valence-electron chi connectivity index (χ4n) is 8.56. The van der Waals surface area contributed by atoms with Gasteiger partial charge in [-0.05, 0) is 41.5 Å². The average molecular weight is 707 g/mol. The molecule has 0 radical (unpaired) electrons. The molecule has 55 heavy (non-hydrogen) atoms. The Balaban J connectivity index is 1.04. The van der Waals surface area contributed by atoms with Gasteiger partial charge in [0.15, 0.2) is 5.82 Å². The van der Waals surface area contributed by atoms with Crippen molar-refractivity contribution in [1.82, 2.24) is 19.5 Å². The Hall–Kier alpha value is -7.11. The first kappa shape index (κ1) is 31.4. The molecule has 3 aromatic heterocycles. The molecule has 0 bridgehead atoms. The third-order valence-corrected chi connectivity index (χ3v) is 11.2. The maximum absolute atomic E-state index is 6.40. The van der Waals surface area contributed by atoms with Gasteiger partial charge in [-0.1, -0.05) is 153 Å². The van der Waals surface area contributed by atoms with E-state index in [4.69, 9.17) is 19.4 Å². The van der Waals surface area contributed by atoms with Crippen LogP contribution in [0.4, 0.5) is 0 Å². The van der Waals surface area contributed by atoms with Crippen molar-refractivity contribution in [2.24, 2.45) is 0 Å². The third kappa shape index (κ3) is 4.83. The molecule has 0 N–H and O–H groups in total. The van der Waals surface area contributed by atoms with Crippen molar-refractivity contribution < 1.29 is 4.42 Å². The molecule has 1 aliphatic carbocycles. The molecule has 1 aliphatic rings. The van der Waals surface area contributed by atoms with Gasteiger partial charge in [0.25, 0.3) is 0 Å². The molecule has 0 spiro atoms. The standard InChI is InChI=1S/C50H34N4O/c1-50(2)40-19-8-6-16-39(40)46-44(50)45(32-25-23-31(24-26-32)36-17-12-18-38-37-15-7-11-22-43(37)55-47(36)38)52-48(53-46)33-27-29-34(30-28-33)49-51-41-20-9-10-21-42(41)54(49)35-13-4-3-5-14-35/h3-30H,1-2H3. The summed E-state index contributed by atoms with van der Waals surface area (Å²) in [4.78, 5) is 15.8. The van der Waals surface area contributed by atoms with E-state index < -0.39 is 0 Å². The van der Waals surface area contributed by atoms with E-state index in [-0.39, 0.29) is 5.41 Å². The highest BCUT2D eigenvalue weighted by Gasteiger charge is 2.40. The third-order valence-electron chi connectivity index (χ3n) is 11.2. The van der Waals surface area contributed by atoms with Gasteiger partial charge in [-0.15, -0.1) is 0 Å². The molecule has 7 aromatic carbocycles. The Morgan fingerprint density at radius 3 is 1.98 bits per heavy atom. The number of para-hydroxylation sites is 5. The highest BCUT2D eigenvalue weighted by molar-refractivity contribution is 6.09. The Morgan fingerprint density at radius 2 is 1.13 bits per heavy atom. The van der Waals surface area contributed by atoms with Gasteiger partial charge in [0, 0.05) is 55.3 Å². The smallest absolute Gasteiger partial charge is 0.160 e. The fraction of sp³-hybridized carbons (Fsp3) is 0.0600. The maximum Gasteiger partial charge on any atom is 0.160 e. The fourth-order valence-corrected chi connectivity index (χ4v) is 8.56. The highest BCUT2D eigenvalue weighted by Crippen LogP contribution is 2.51.